The number of anilines is 1. The zero-order valence-corrected chi connectivity index (χ0v) is 14.7. The fraction of sp³-hybridized carbons (Fsp3) is 0.412. The Labute approximate surface area is 141 Å². The molecule has 0 aliphatic carbocycles. The summed E-state index contributed by atoms with van der Waals surface area (Å²) in [7, 11) is 4.03. The Morgan fingerprint density at radius 2 is 2.13 bits per heavy atom. The second-order valence-corrected chi connectivity index (χ2v) is 6.34. The predicted molar refractivity (Wildman–Crippen MR) is 95.1 cm³/mol. The number of benzene rings is 1. The third-order valence-corrected chi connectivity index (χ3v) is 3.94. The number of carbonyl (C=O) groups is 1. The molecule has 1 aromatic heterocycles. The van der Waals surface area contributed by atoms with Crippen molar-refractivity contribution in [2.45, 2.75) is 19.8 Å². The lowest BCUT2D eigenvalue weighted by Gasteiger charge is -2.13. The van der Waals surface area contributed by atoms with E-state index in [1.807, 2.05) is 50.7 Å². The molecule has 0 spiro atoms. The number of hydrogen-bond acceptors (Lipinski definition) is 5. The number of nitrogens with zero attached hydrogens (tertiary/aromatic N) is 2. The van der Waals surface area contributed by atoms with Gasteiger partial charge in [0, 0.05) is 23.9 Å². The van der Waals surface area contributed by atoms with Crippen molar-refractivity contribution < 1.29 is 9.53 Å². The van der Waals surface area contributed by atoms with Crippen LogP contribution < -0.4 is 10.1 Å². The third kappa shape index (κ3) is 5.33. The largest absolute Gasteiger partial charge is 0.492 e. The second kappa shape index (κ2) is 8.64. The standard InChI is InChI=1S/C17H23N3O2S/c1-4-7-16(21)19-17-18-14(12-23-17)13-8-5-6-9-15(13)22-11-10-20(2)3/h5-6,8-9,12H,4,7,10-11H2,1-3H3,(H,18,19,21). The van der Waals surface area contributed by atoms with Gasteiger partial charge in [-0.05, 0) is 32.6 Å². The molecule has 0 saturated carbocycles. The van der Waals surface area contributed by atoms with Gasteiger partial charge in [0.05, 0.1) is 5.69 Å². The molecule has 0 aliphatic heterocycles. The van der Waals surface area contributed by atoms with Gasteiger partial charge < -0.3 is 15.0 Å². The van der Waals surface area contributed by atoms with Crippen molar-refractivity contribution >= 4 is 22.4 Å². The fourth-order valence-corrected chi connectivity index (χ4v) is 2.73. The molecule has 0 saturated heterocycles. The van der Waals surface area contributed by atoms with E-state index in [-0.39, 0.29) is 5.91 Å². The highest BCUT2D eigenvalue weighted by Gasteiger charge is 2.11. The van der Waals surface area contributed by atoms with Crippen molar-refractivity contribution in [3.8, 4) is 17.0 Å². The number of para-hydroxylation sites is 1. The van der Waals surface area contributed by atoms with Gasteiger partial charge >= 0.3 is 0 Å². The fourth-order valence-electron chi connectivity index (χ4n) is 2.01. The normalized spacial score (nSPS) is 10.8. The molecule has 0 fully saturated rings. The van der Waals surface area contributed by atoms with Crippen molar-refractivity contribution in [1.29, 1.82) is 0 Å². The van der Waals surface area contributed by atoms with E-state index in [0.29, 0.717) is 18.2 Å². The van der Waals surface area contributed by atoms with Gasteiger partial charge in [0.2, 0.25) is 5.91 Å². The first-order chi connectivity index (χ1) is 11.1. The first-order valence-corrected chi connectivity index (χ1v) is 8.60. The minimum absolute atomic E-state index is 0.00363. The molecule has 1 aromatic carbocycles. The van der Waals surface area contributed by atoms with Gasteiger partial charge in [-0.15, -0.1) is 11.3 Å². The Kier molecular flexibility index (Phi) is 6.55. The summed E-state index contributed by atoms with van der Waals surface area (Å²) in [6.07, 6.45) is 1.34. The number of amides is 1. The molecule has 124 valence electrons. The molecule has 2 rings (SSSR count). The molecule has 1 heterocycles. The summed E-state index contributed by atoms with van der Waals surface area (Å²) < 4.78 is 5.87. The molecule has 1 N–H and O–H groups in total. The van der Waals surface area contributed by atoms with Crippen LogP contribution in [0.15, 0.2) is 29.6 Å². The molecule has 23 heavy (non-hydrogen) atoms. The average Bonchev–Trinajstić information content (AvgIpc) is 2.96. The van der Waals surface area contributed by atoms with Gasteiger partial charge in [0.1, 0.15) is 12.4 Å². The maximum atomic E-state index is 11.7. The maximum absolute atomic E-state index is 11.7. The van der Waals surface area contributed by atoms with Crippen LogP contribution in [-0.4, -0.2) is 43.0 Å². The smallest absolute Gasteiger partial charge is 0.226 e. The number of nitrogens with one attached hydrogen (secondary N) is 1. The van der Waals surface area contributed by atoms with Crippen LogP contribution in [0.3, 0.4) is 0 Å². The molecule has 0 aliphatic rings. The number of rotatable bonds is 8. The van der Waals surface area contributed by atoms with Crippen molar-refractivity contribution in [1.82, 2.24) is 9.88 Å². The van der Waals surface area contributed by atoms with Gasteiger partial charge in [0.25, 0.3) is 0 Å². The van der Waals surface area contributed by atoms with Crippen LogP contribution in [-0.2, 0) is 4.79 Å². The second-order valence-electron chi connectivity index (χ2n) is 5.48. The molecule has 0 atom stereocenters. The maximum Gasteiger partial charge on any atom is 0.226 e. The summed E-state index contributed by atoms with van der Waals surface area (Å²) in [6.45, 7) is 3.45. The van der Waals surface area contributed by atoms with E-state index in [1.165, 1.54) is 11.3 Å². The molecule has 1 amide bonds. The summed E-state index contributed by atoms with van der Waals surface area (Å²) in [5.74, 6) is 0.815. The van der Waals surface area contributed by atoms with Gasteiger partial charge in [-0.3, -0.25) is 4.79 Å². The Morgan fingerprint density at radius 1 is 1.35 bits per heavy atom. The molecular weight excluding hydrogens is 310 g/mol. The van der Waals surface area contributed by atoms with Gasteiger partial charge in [0.15, 0.2) is 5.13 Å². The number of thiazole rings is 1. The monoisotopic (exact) mass is 333 g/mol. The molecule has 5 nitrogen and oxygen atoms in total. The van der Waals surface area contributed by atoms with E-state index in [4.69, 9.17) is 4.74 Å². The lowest BCUT2D eigenvalue weighted by atomic mass is 10.1. The first-order valence-electron chi connectivity index (χ1n) is 7.72. The van der Waals surface area contributed by atoms with Crippen molar-refractivity contribution in [3.05, 3.63) is 29.6 Å². The number of aromatic nitrogens is 1. The number of likely N-dealkylation sites (N-methyl/N-ethyl adjacent to an activating group) is 1. The van der Waals surface area contributed by atoms with Gasteiger partial charge in [-0.2, -0.15) is 0 Å². The van der Waals surface area contributed by atoms with E-state index in [0.717, 1.165) is 30.0 Å². The highest BCUT2D eigenvalue weighted by molar-refractivity contribution is 7.14. The topological polar surface area (TPSA) is 54.5 Å². The summed E-state index contributed by atoms with van der Waals surface area (Å²) in [5.41, 5.74) is 1.76. The molecule has 0 radical (unpaired) electrons. The zero-order chi connectivity index (χ0) is 16.7. The van der Waals surface area contributed by atoms with Crippen molar-refractivity contribution in [3.63, 3.8) is 0 Å². The molecule has 6 heteroatoms. The minimum atomic E-state index is 0.00363. The van der Waals surface area contributed by atoms with Crippen molar-refractivity contribution in [2.75, 3.05) is 32.6 Å². The van der Waals surface area contributed by atoms with E-state index in [1.54, 1.807) is 0 Å². The lowest BCUT2D eigenvalue weighted by Crippen LogP contribution is -2.19. The first kappa shape index (κ1) is 17.4. The molecule has 0 unspecified atom stereocenters. The van der Waals surface area contributed by atoms with E-state index >= 15 is 0 Å². The van der Waals surface area contributed by atoms with Gasteiger partial charge in [-0.1, -0.05) is 19.1 Å². The highest BCUT2D eigenvalue weighted by atomic mass is 32.1. The number of carbonyl (C=O) groups excluding carboxylic acids is 1. The predicted octanol–water partition coefficient (Wildman–Crippen LogP) is 3.49. The van der Waals surface area contributed by atoms with Crippen LogP contribution in [0, 0.1) is 0 Å². The number of hydrogen-bond donors (Lipinski definition) is 1. The van der Waals surface area contributed by atoms with Gasteiger partial charge in [-0.25, -0.2) is 4.98 Å². The van der Waals surface area contributed by atoms with E-state index < -0.39 is 0 Å². The van der Waals surface area contributed by atoms with Crippen LogP contribution in [0.4, 0.5) is 5.13 Å². The minimum Gasteiger partial charge on any atom is -0.492 e. The van der Waals surface area contributed by atoms with Crippen LogP contribution in [0.25, 0.3) is 11.3 Å². The zero-order valence-electron chi connectivity index (χ0n) is 13.8. The molecular formula is C17H23N3O2S. The summed E-state index contributed by atoms with van der Waals surface area (Å²) in [5, 5.41) is 5.40. The Balaban J connectivity index is 2.09. The number of ether oxygens (including phenoxy) is 1. The summed E-state index contributed by atoms with van der Waals surface area (Å²) in [4.78, 5) is 18.2. The Hall–Kier alpha value is -1.92. The highest BCUT2D eigenvalue weighted by Crippen LogP contribution is 2.32. The van der Waals surface area contributed by atoms with Crippen LogP contribution in [0.5, 0.6) is 5.75 Å². The molecule has 2 aromatic rings. The lowest BCUT2D eigenvalue weighted by molar-refractivity contribution is -0.116. The quantitative estimate of drug-likeness (QED) is 0.803. The van der Waals surface area contributed by atoms with Crippen LogP contribution >= 0.6 is 11.3 Å². The summed E-state index contributed by atoms with van der Waals surface area (Å²) >= 11 is 1.43. The van der Waals surface area contributed by atoms with E-state index in [9.17, 15) is 4.79 Å². The van der Waals surface area contributed by atoms with Crippen LogP contribution in [0.2, 0.25) is 0 Å². The average molecular weight is 333 g/mol. The van der Waals surface area contributed by atoms with Crippen molar-refractivity contribution in [2.24, 2.45) is 0 Å². The summed E-state index contributed by atoms with van der Waals surface area (Å²) in [6, 6.07) is 7.84. The third-order valence-electron chi connectivity index (χ3n) is 3.19. The van der Waals surface area contributed by atoms with E-state index in [2.05, 4.69) is 15.2 Å². The SMILES string of the molecule is CCCC(=O)Nc1nc(-c2ccccc2OCCN(C)C)cs1. The molecule has 0 bridgehead atoms. The Morgan fingerprint density at radius 3 is 2.87 bits per heavy atom. The Bertz CT molecular complexity index is 640. The van der Waals surface area contributed by atoms with Crippen LogP contribution in [0.1, 0.15) is 19.8 Å².